The van der Waals surface area contributed by atoms with Crippen LogP contribution in [-0.2, 0) is 4.79 Å². The molecule has 0 heterocycles. The van der Waals surface area contributed by atoms with E-state index in [4.69, 9.17) is 5.11 Å². The minimum atomic E-state index is -1.45. The summed E-state index contributed by atoms with van der Waals surface area (Å²) in [5.74, 6) is -3.88. The number of aliphatic carboxylic acids is 1. The Morgan fingerprint density at radius 2 is 1.84 bits per heavy atom. The van der Waals surface area contributed by atoms with Crippen LogP contribution >= 0.6 is 0 Å². The van der Waals surface area contributed by atoms with Crippen LogP contribution in [0.5, 0.6) is 0 Å². The number of amides is 1. The Bertz CT molecular complexity index is 499. The van der Waals surface area contributed by atoms with Gasteiger partial charge in [-0.2, -0.15) is 0 Å². The molecule has 6 heteroatoms. The van der Waals surface area contributed by atoms with Gasteiger partial charge in [-0.25, -0.2) is 13.6 Å². The SMILES string of the molecule is CCC(CC)(NC(=O)c1ccc(F)cc1F)C(=O)O. The fourth-order valence-corrected chi connectivity index (χ4v) is 1.74. The Morgan fingerprint density at radius 3 is 2.26 bits per heavy atom. The highest BCUT2D eigenvalue weighted by Crippen LogP contribution is 2.18. The minimum absolute atomic E-state index is 0.160. The summed E-state index contributed by atoms with van der Waals surface area (Å²) in [7, 11) is 0. The zero-order valence-electron chi connectivity index (χ0n) is 10.7. The first-order chi connectivity index (χ1) is 8.86. The smallest absolute Gasteiger partial charge is 0.329 e. The van der Waals surface area contributed by atoms with E-state index in [9.17, 15) is 18.4 Å². The van der Waals surface area contributed by atoms with Gasteiger partial charge in [0.15, 0.2) is 0 Å². The third kappa shape index (κ3) is 3.07. The van der Waals surface area contributed by atoms with Crippen molar-refractivity contribution in [1.82, 2.24) is 5.32 Å². The number of benzene rings is 1. The van der Waals surface area contributed by atoms with Crippen LogP contribution < -0.4 is 5.32 Å². The number of rotatable bonds is 5. The lowest BCUT2D eigenvalue weighted by molar-refractivity contribution is -0.144. The second-order valence-electron chi connectivity index (χ2n) is 4.17. The van der Waals surface area contributed by atoms with Crippen molar-refractivity contribution in [2.45, 2.75) is 32.2 Å². The number of nitrogens with one attached hydrogen (secondary N) is 1. The summed E-state index contributed by atoms with van der Waals surface area (Å²) in [6.45, 7) is 3.22. The Balaban J connectivity index is 3.04. The van der Waals surface area contributed by atoms with Gasteiger partial charge in [-0.3, -0.25) is 4.79 Å². The molecule has 0 unspecified atom stereocenters. The predicted molar refractivity (Wildman–Crippen MR) is 64.8 cm³/mol. The lowest BCUT2D eigenvalue weighted by atomic mass is 9.92. The summed E-state index contributed by atoms with van der Waals surface area (Å²) in [6, 6.07) is 2.51. The lowest BCUT2D eigenvalue weighted by Gasteiger charge is -2.28. The summed E-state index contributed by atoms with van der Waals surface area (Å²) >= 11 is 0. The van der Waals surface area contributed by atoms with Crippen molar-refractivity contribution < 1.29 is 23.5 Å². The molecule has 1 rings (SSSR count). The monoisotopic (exact) mass is 271 g/mol. The Kier molecular flexibility index (Phi) is 4.58. The molecular formula is C13H15F2NO3. The topological polar surface area (TPSA) is 66.4 Å². The molecule has 2 N–H and O–H groups in total. The van der Waals surface area contributed by atoms with Crippen LogP contribution in [0.4, 0.5) is 8.78 Å². The van der Waals surface area contributed by atoms with Crippen molar-refractivity contribution in [3.8, 4) is 0 Å². The molecule has 1 amide bonds. The molecule has 0 aromatic heterocycles. The standard InChI is InChI=1S/C13H15F2NO3/c1-3-13(4-2,12(18)19)16-11(17)9-6-5-8(14)7-10(9)15/h5-7H,3-4H2,1-2H3,(H,16,17)(H,18,19). The van der Waals surface area contributed by atoms with E-state index in [1.165, 1.54) is 0 Å². The van der Waals surface area contributed by atoms with E-state index in [-0.39, 0.29) is 18.4 Å². The Morgan fingerprint density at radius 1 is 1.26 bits per heavy atom. The molecular weight excluding hydrogens is 256 g/mol. The van der Waals surface area contributed by atoms with Crippen LogP contribution in [-0.4, -0.2) is 22.5 Å². The molecule has 0 aliphatic carbocycles. The molecule has 0 spiro atoms. The van der Waals surface area contributed by atoms with Crippen molar-refractivity contribution in [3.63, 3.8) is 0 Å². The number of halogens is 2. The van der Waals surface area contributed by atoms with E-state index in [1.807, 2.05) is 0 Å². The zero-order chi connectivity index (χ0) is 14.6. The van der Waals surface area contributed by atoms with Gasteiger partial charge in [0.05, 0.1) is 5.56 Å². The van der Waals surface area contributed by atoms with E-state index in [0.717, 1.165) is 12.1 Å². The summed E-state index contributed by atoms with van der Waals surface area (Å²) in [4.78, 5) is 23.1. The van der Waals surface area contributed by atoms with E-state index < -0.39 is 29.0 Å². The molecule has 4 nitrogen and oxygen atoms in total. The average Bonchev–Trinajstić information content (AvgIpc) is 2.35. The Hall–Kier alpha value is -1.98. The predicted octanol–water partition coefficient (Wildman–Crippen LogP) is 2.34. The van der Waals surface area contributed by atoms with Gasteiger partial charge in [0.2, 0.25) is 0 Å². The molecule has 19 heavy (non-hydrogen) atoms. The van der Waals surface area contributed by atoms with Crippen molar-refractivity contribution in [2.75, 3.05) is 0 Å². The molecule has 0 atom stereocenters. The van der Waals surface area contributed by atoms with Gasteiger partial charge in [0.25, 0.3) is 5.91 Å². The molecule has 0 bridgehead atoms. The van der Waals surface area contributed by atoms with Crippen LogP contribution in [0.2, 0.25) is 0 Å². The van der Waals surface area contributed by atoms with Crippen LogP contribution in [0.25, 0.3) is 0 Å². The fourth-order valence-electron chi connectivity index (χ4n) is 1.74. The molecule has 0 aliphatic heterocycles. The average molecular weight is 271 g/mol. The van der Waals surface area contributed by atoms with Gasteiger partial charge in [-0.15, -0.1) is 0 Å². The maximum absolute atomic E-state index is 13.4. The highest BCUT2D eigenvalue weighted by atomic mass is 19.1. The van der Waals surface area contributed by atoms with Crippen LogP contribution in [0.15, 0.2) is 18.2 Å². The summed E-state index contributed by atoms with van der Waals surface area (Å²) < 4.78 is 26.2. The number of carbonyl (C=O) groups is 2. The molecule has 0 saturated carbocycles. The number of carboxylic acid groups (broad SMARTS) is 1. The third-order valence-corrected chi connectivity index (χ3v) is 3.15. The van der Waals surface area contributed by atoms with E-state index in [2.05, 4.69) is 5.32 Å². The second kappa shape index (κ2) is 5.77. The van der Waals surface area contributed by atoms with Gasteiger partial charge in [0.1, 0.15) is 17.2 Å². The second-order valence-corrected chi connectivity index (χ2v) is 4.17. The maximum Gasteiger partial charge on any atom is 0.329 e. The largest absolute Gasteiger partial charge is 0.480 e. The fraction of sp³-hybridized carbons (Fsp3) is 0.385. The van der Waals surface area contributed by atoms with Crippen molar-refractivity contribution in [1.29, 1.82) is 0 Å². The summed E-state index contributed by atoms with van der Waals surface area (Å²) in [5, 5.41) is 11.5. The number of carboxylic acids is 1. The quantitative estimate of drug-likeness (QED) is 0.863. The molecule has 0 saturated heterocycles. The van der Waals surface area contributed by atoms with E-state index in [0.29, 0.717) is 6.07 Å². The van der Waals surface area contributed by atoms with E-state index in [1.54, 1.807) is 13.8 Å². The van der Waals surface area contributed by atoms with Crippen molar-refractivity contribution in [2.24, 2.45) is 0 Å². The summed E-state index contributed by atoms with van der Waals surface area (Å²) in [6.07, 6.45) is 0.320. The Labute approximate surface area is 109 Å². The third-order valence-electron chi connectivity index (χ3n) is 3.15. The first-order valence-corrected chi connectivity index (χ1v) is 5.87. The van der Waals surface area contributed by atoms with Gasteiger partial charge >= 0.3 is 5.97 Å². The van der Waals surface area contributed by atoms with Crippen molar-refractivity contribution in [3.05, 3.63) is 35.4 Å². The highest BCUT2D eigenvalue weighted by molar-refractivity contribution is 5.98. The first-order valence-electron chi connectivity index (χ1n) is 5.87. The normalized spacial score (nSPS) is 11.2. The van der Waals surface area contributed by atoms with Crippen molar-refractivity contribution >= 4 is 11.9 Å². The van der Waals surface area contributed by atoms with Crippen LogP contribution in [0.3, 0.4) is 0 Å². The molecule has 1 aromatic carbocycles. The number of carbonyl (C=O) groups excluding carboxylic acids is 1. The van der Waals surface area contributed by atoms with Crippen LogP contribution in [0, 0.1) is 11.6 Å². The first kappa shape index (κ1) is 15.1. The van der Waals surface area contributed by atoms with Gasteiger partial charge in [-0.05, 0) is 25.0 Å². The van der Waals surface area contributed by atoms with Gasteiger partial charge < -0.3 is 10.4 Å². The molecule has 0 radical (unpaired) electrons. The maximum atomic E-state index is 13.4. The van der Waals surface area contributed by atoms with Gasteiger partial charge in [0, 0.05) is 6.07 Å². The van der Waals surface area contributed by atoms with Gasteiger partial charge in [-0.1, -0.05) is 13.8 Å². The molecule has 104 valence electrons. The molecule has 0 fully saturated rings. The number of hydrogen-bond donors (Lipinski definition) is 2. The molecule has 1 aromatic rings. The lowest BCUT2D eigenvalue weighted by Crippen LogP contribution is -2.53. The molecule has 0 aliphatic rings. The van der Waals surface area contributed by atoms with Crippen LogP contribution in [0.1, 0.15) is 37.0 Å². The minimum Gasteiger partial charge on any atom is -0.480 e. The highest BCUT2D eigenvalue weighted by Gasteiger charge is 2.37. The number of hydrogen-bond acceptors (Lipinski definition) is 2. The summed E-state index contributed by atoms with van der Waals surface area (Å²) in [5.41, 5.74) is -1.83. The zero-order valence-corrected chi connectivity index (χ0v) is 10.7. The van der Waals surface area contributed by atoms with E-state index >= 15 is 0 Å².